The zero-order valence-corrected chi connectivity index (χ0v) is 10.3. The number of rotatable bonds is 4. The fourth-order valence-electron chi connectivity index (χ4n) is 1.25. The van der Waals surface area contributed by atoms with E-state index in [-0.39, 0.29) is 18.6 Å². The molecule has 1 aromatic carbocycles. The normalized spacial score (nSPS) is 9.67. The average Bonchev–Trinajstić information content (AvgIpc) is 2.35. The van der Waals surface area contributed by atoms with Crippen LogP contribution >= 0.6 is 0 Å². The number of hydrogen-bond acceptors (Lipinski definition) is 3. The summed E-state index contributed by atoms with van der Waals surface area (Å²) in [5.74, 6) is -0.915. The molecule has 0 heterocycles. The zero-order chi connectivity index (χ0) is 13.5. The van der Waals surface area contributed by atoms with E-state index in [2.05, 4.69) is 10.2 Å². The summed E-state index contributed by atoms with van der Waals surface area (Å²) in [5.41, 5.74) is 0.767. The molecule has 0 aliphatic carbocycles. The molecule has 5 nitrogen and oxygen atoms in total. The van der Waals surface area contributed by atoms with Gasteiger partial charge in [-0.25, -0.2) is 9.64 Å². The SMILES string of the molecule is [C-]#[N+]c1ccc(C(=O)OCC(=O)NC(C)C)cc1. The Kier molecular flexibility index (Phi) is 4.88. The lowest BCUT2D eigenvalue weighted by atomic mass is 10.2. The lowest BCUT2D eigenvalue weighted by molar-refractivity contribution is -0.124. The predicted octanol–water partition coefficient (Wildman–Crippen LogP) is 1.92. The maximum atomic E-state index is 11.6. The van der Waals surface area contributed by atoms with Crippen LogP contribution in [0.15, 0.2) is 24.3 Å². The van der Waals surface area contributed by atoms with Gasteiger partial charge in [-0.2, -0.15) is 0 Å². The molecular formula is C13H14N2O3. The standard InChI is InChI=1S/C13H14N2O3/c1-9(2)15-12(16)8-18-13(17)10-4-6-11(14-3)7-5-10/h4-7,9H,8H2,1-2H3,(H,15,16). The summed E-state index contributed by atoms with van der Waals surface area (Å²) in [7, 11) is 0. The second-order valence-corrected chi connectivity index (χ2v) is 3.96. The Balaban J connectivity index is 2.50. The van der Waals surface area contributed by atoms with Gasteiger partial charge in [0, 0.05) is 6.04 Å². The Bertz CT molecular complexity index is 472. The predicted molar refractivity (Wildman–Crippen MR) is 66.3 cm³/mol. The van der Waals surface area contributed by atoms with E-state index in [0.29, 0.717) is 11.3 Å². The third-order valence-electron chi connectivity index (χ3n) is 2.02. The summed E-state index contributed by atoms with van der Waals surface area (Å²) in [6.07, 6.45) is 0. The van der Waals surface area contributed by atoms with Gasteiger partial charge in [0.2, 0.25) is 0 Å². The molecule has 0 unspecified atom stereocenters. The number of nitrogens with one attached hydrogen (secondary N) is 1. The first-order valence-electron chi connectivity index (χ1n) is 5.47. The molecule has 1 rings (SSSR count). The fraction of sp³-hybridized carbons (Fsp3) is 0.308. The van der Waals surface area contributed by atoms with Crippen molar-refractivity contribution in [2.45, 2.75) is 19.9 Å². The van der Waals surface area contributed by atoms with E-state index >= 15 is 0 Å². The highest BCUT2D eigenvalue weighted by Gasteiger charge is 2.10. The first-order chi connectivity index (χ1) is 8.52. The van der Waals surface area contributed by atoms with Crippen LogP contribution in [0.25, 0.3) is 4.85 Å². The molecule has 0 aromatic heterocycles. The molecule has 1 N–H and O–H groups in total. The lowest BCUT2D eigenvalue weighted by Crippen LogP contribution is -2.33. The second-order valence-electron chi connectivity index (χ2n) is 3.96. The van der Waals surface area contributed by atoms with Crippen LogP contribution in [-0.2, 0) is 9.53 Å². The summed E-state index contributed by atoms with van der Waals surface area (Å²) in [6.45, 7) is 10.1. The van der Waals surface area contributed by atoms with E-state index in [0.717, 1.165) is 0 Å². The molecule has 0 bridgehead atoms. The van der Waals surface area contributed by atoms with Crippen molar-refractivity contribution in [2.75, 3.05) is 6.61 Å². The molecule has 5 heteroatoms. The van der Waals surface area contributed by atoms with Crippen LogP contribution in [0.5, 0.6) is 0 Å². The van der Waals surface area contributed by atoms with E-state index in [4.69, 9.17) is 11.3 Å². The molecule has 0 aliphatic rings. The summed E-state index contributed by atoms with van der Waals surface area (Å²) in [6, 6.07) is 6.05. The number of amides is 1. The van der Waals surface area contributed by atoms with Crippen molar-refractivity contribution in [3.63, 3.8) is 0 Å². The highest BCUT2D eigenvalue weighted by atomic mass is 16.5. The summed E-state index contributed by atoms with van der Waals surface area (Å²) in [4.78, 5) is 26.0. The van der Waals surface area contributed by atoms with Gasteiger partial charge in [-0.1, -0.05) is 24.3 Å². The number of benzene rings is 1. The number of nitrogens with zero attached hydrogens (tertiary/aromatic N) is 1. The van der Waals surface area contributed by atoms with E-state index in [1.807, 2.05) is 13.8 Å². The minimum Gasteiger partial charge on any atom is -0.452 e. The van der Waals surface area contributed by atoms with Crippen LogP contribution in [0.3, 0.4) is 0 Å². The number of carbonyl (C=O) groups is 2. The summed E-state index contributed by atoms with van der Waals surface area (Å²) >= 11 is 0. The van der Waals surface area contributed by atoms with Crippen molar-refractivity contribution in [3.05, 3.63) is 41.2 Å². The van der Waals surface area contributed by atoms with Gasteiger partial charge in [-0.15, -0.1) is 0 Å². The van der Waals surface area contributed by atoms with Crippen LogP contribution < -0.4 is 5.32 Å². The molecule has 1 aromatic rings. The monoisotopic (exact) mass is 246 g/mol. The van der Waals surface area contributed by atoms with Crippen LogP contribution in [0.4, 0.5) is 5.69 Å². The molecule has 18 heavy (non-hydrogen) atoms. The largest absolute Gasteiger partial charge is 0.452 e. The summed E-state index contributed by atoms with van der Waals surface area (Å²) < 4.78 is 4.84. The van der Waals surface area contributed by atoms with Gasteiger partial charge in [0.05, 0.1) is 12.1 Å². The van der Waals surface area contributed by atoms with Gasteiger partial charge < -0.3 is 10.1 Å². The number of carbonyl (C=O) groups excluding carboxylic acids is 2. The minimum absolute atomic E-state index is 0.00847. The zero-order valence-electron chi connectivity index (χ0n) is 10.3. The summed E-state index contributed by atoms with van der Waals surface area (Å²) in [5, 5.41) is 2.61. The van der Waals surface area contributed by atoms with Gasteiger partial charge in [0.1, 0.15) is 0 Å². The molecule has 0 spiro atoms. The van der Waals surface area contributed by atoms with Gasteiger partial charge in [0.15, 0.2) is 12.3 Å². The van der Waals surface area contributed by atoms with Crippen molar-refractivity contribution in [1.82, 2.24) is 5.32 Å². The van der Waals surface area contributed by atoms with Crippen molar-refractivity contribution < 1.29 is 14.3 Å². The smallest absolute Gasteiger partial charge is 0.338 e. The maximum Gasteiger partial charge on any atom is 0.338 e. The number of esters is 1. The molecule has 0 saturated heterocycles. The van der Waals surface area contributed by atoms with Crippen molar-refractivity contribution in [2.24, 2.45) is 0 Å². The first kappa shape index (κ1) is 13.7. The van der Waals surface area contributed by atoms with Crippen LogP contribution in [-0.4, -0.2) is 24.5 Å². The number of hydrogen-bond donors (Lipinski definition) is 1. The molecule has 0 aliphatic heterocycles. The highest BCUT2D eigenvalue weighted by Crippen LogP contribution is 2.13. The highest BCUT2D eigenvalue weighted by molar-refractivity contribution is 5.91. The van der Waals surface area contributed by atoms with E-state index < -0.39 is 5.97 Å². The van der Waals surface area contributed by atoms with Gasteiger partial charge >= 0.3 is 5.97 Å². The Labute approximate surface area is 106 Å². The molecule has 0 radical (unpaired) electrons. The molecule has 1 amide bonds. The Morgan fingerprint density at radius 1 is 1.33 bits per heavy atom. The quantitative estimate of drug-likeness (QED) is 0.652. The Hall–Kier alpha value is -2.35. The van der Waals surface area contributed by atoms with E-state index in [9.17, 15) is 9.59 Å². The topological polar surface area (TPSA) is 59.8 Å². The fourth-order valence-corrected chi connectivity index (χ4v) is 1.25. The average molecular weight is 246 g/mol. The molecule has 94 valence electrons. The third kappa shape index (κ3) is 4.26. The number of ether oxygens (including phenoxy) is 1. The maximum absolute atomic E-state index is 11.6. The second kappa shape index (κ2) is 6.40. The van der Waals surface area contributed by atoms with Crippen LogP contribution in [0.2, 0.25) is 0 Å². The molecule has 0 fully saturated rings. The van der Waals surface area contributed by atoms with Gasteiger partial charge in [0.25, 0.3) is 5.91 Å². The molecule has 0 atom stereocenters. The molecular weight excluding hydrogens is 232 g/mol. The van der Waals surface area contributed by atoms with Crippen molar-refractivity contribution >= 4 is 17.6 Å². The minimum atomic E-state index is -0.578. The first-order valence-corrected chi connectivity index (χ1v) is 5.47. The van der Waals surface area contributed by atoms with Gasteiger partial charge in [-0.05, 0) is 13.8 Å². The molecule has 0 saturated carbocycles. The van der Waals surface area contributed by atoms with E-state index in [1.54, 1.807) is 0 Å². The van der Waals surface area contributed by atoms with Crippen molar-refractivity contribution in [3.8, 4) is 0 Å². The van der Waals surface area contributed by atoms with Crippen LogP contribution in [0, 0.1) is 6.57 Å². The third-order valence-corrected chi connectivity index (χ3v) is 2.02. The lowest BCUT2D eigenvalue weighted by Gasteiger charge is -2.08. The Morgan fingerprint density at radius 2 is 1.94 bits per heavy atom. The van der Waals surface area contributed by atoms with Crippen molar-refractivity contribution in [1.29, 1.82) is 0 Å². The van der Waals surface area contributed by atoms with E-state index in [1.165, 1.54) is 24.3 Å². The van der Waals surface area contributed by atoms with Crippen LogP contribution in [0.1, 0.15) is 24.2 Å². The van der Waals surface area contributed by atoms with Gasteiger partial charge in [-0.3, -0.25) is 4.79 Å². The Morgan fingerprint density at radius 3 is 2.44 bits per heavy atom.